The second kappa shape index (κ2) is 5.60. The highest BCUT2D eigenvalue weighted by Crippen LogP contribution is 2.27. The van der Waals surface area contributed by atoms with Crippen molar-refractivity contribution in [2.24, 2.45) is 5.10 Å². The molecule has 0 fully saturated rings. The van der Waals surface area contributed by atoms with Gasteiger partial charge in [-0.2, -0.15) is 25.2 Å². The molecule has 106 valence electrons. The Balaban J connectivity index is 1.92. The lowest BCUT2D eigenvalue weighted by Gasteiger charge is -2.01. The fourth-order valence-electron chi connectivity index (χ4n) is 1.75. The van der Waals surface area contributed by atoms with Crippen LogP contribution in [0.1, 0.15) is 5.82 Å². The zero-order valence-corrected chi connectivity index (χ0v) is 12.2. The van der Waals surface area contributed by atoms with Crippen LogP contribution in [-0.2, 0) is 0 Å². The summed E-state index contributed by atoms with van der Waals surface area (Å²) in [7, 11) is 0. The highest BCUT2D eigenvalue weighted by Gasteiger charge is 2.10. The van der Waals surface area contributed by atoms with Crippen LogP contribution < -0.4 is 5.43 Å². The molecule has 22 heavy (non-hydrogen) atoms. The number of aromatic nitrogens is 4. The minimum Gasteiger partial charge on any atom is -0.276 e. The van der Waals surface area contributed by atoms with Crippen molar-refractivity contribution >= 4 is 27.7 Å². The molecule has 0 atom stereocenters. The summed E-state index contributed by atoms with van der Waals surface area (Å²) >= 11 is 1.42. The van der Waals surface area contributed by atoms with Gasteiger partial charge in [0, 0.05) is 5.56 Å². The first-order valence-electron chi connectivity index (χ1n) is 6.14. The molecule has 8 nitrogen and oxygen atoms in total. The van der Waals surface area contributed by atoms with E-state index in [1.807, 2.05) is 25.1 Å². The number of anilines is 1. The van der Waals surface area contributed by atoms with Crippen LogP contribution in [0.4, 0.5) is 5.69 Å². The van der Waals surface area contributed by atoms with E-state index in [4.69, 9.17) is 10.5 Å². The Morgan fingerprint density at radius 1 is 1.32 bits per heavy atom. The Morgan fingerprint density at radius 2 is 2.14 bits per heavy atom. The van der Waals surface area contributed by atoms with Gasteiger partial charge in [-0.3, -0.25) is 5.43 Å². The number of nitrogens with zero attached hydrogens (tertiary/aromatic N) is 7. The van der Waals surface area contributed by atoms with Gasteiger partial charge < -0.3 is 0 Å². The van der Waals surface area contributed by atoms with Crippen LogP contribution in [0.25, 0.3) is 15.5 Å². The van der Waals surface area contributed by atoms with E-state index >= 15 is 0 Å². The van der Waals surface area contributed by atoms with E-state index in [9.17, 15) is 0 Å². The molecule has 0 radical (unpaired) electrons. The first-order chi connectivity index (χ1) is 10.7. The highest BCUT2D eigenvalue weighted by atomic mass is 32.1. The van der Waals surface area contributed by atoms with Gasteiger partial charge in [0.25, 0.3) is 0 Å². The number of rotatable bonds is 3. The van der Waals surface area contributed by atoms with E-state index in [-0.39, 0.29) is 5.71 Å². The monoisotopic (exact) mass is 308 g/mol. The van der Waals surface area contributed by atoms with Gasteiger partial charge in [0.1, 0.15) is 17.1 Å². The number of hydrogen-bond donors (Lipinski definition) is 1. The highest BCUT2D eigenvalue weighted by molar-refractivity contribution is 7.19. The zero-order chi connectivity index (χ0) is 15.5. The number of hydrogen-bond acceptors (Lipinski definition) is 8. The topological polar surface area (TPSA) is 115 Å². The van der Waals surface area contributed by atoms with Gasteiger partial charge in [0.15, 0.2) is 5.82 Å². The number of aryl methyl sites for hydroxylation is 1. The minimum atomic E-state index is -0.236. The maximum Gasteiger partial charge on any atom is 0.237 e. The molecule has 2 aromatic heterocycles. The predicted molar refractivity (Wildman–Crippen MR) is 81.1 cm³/mol. The maximum atomic E-state index is 8.65. The van der Waals surface area contributed by atoms with Crippen LogP contribution in [0, 0.1) is 29.6 Å². The molecule has 0 bridgehead atoms. The van der Waals surface area contributed by atoms with E-state index in [1.54, 1.807) is 22.7 Å². The molecular formula is C13H8N8S. The van der Waals surface area contributed by atoms with E-state index < -0.39 is 0 Å². The third-order valence-corrected chi connectivity index (χ3v) is 3.71. The molecule has 2 heterocycles. The van der Waals surface area contributed by atoms with Crippen LogP contribution >= 0.6 is 11.3 Å². The van der Waals surface area contributed by atoms with Gasteiger partial charge in [-0.1, -0.05) is 23.5 Å². The van der Waals surface area contributed by atoms with Gasteiger partial charge >= 0.3 is 0 Å². The Labute approximate surface area is 129 Å². The minimum absolute atomic E-state index is 0.236. The molecule has 0 aliphatic heterocycles. The van der Waals surface area contributed by atoms with Crippen molar-refractivity contribution in [2.45, 2.75) is 6.92 Å². The smallest absolute Gasteiger partial charge is 0.237 e. The lowest BCUT2D eigenvalue weighted by Crippen LogP contribution is -1.96. The molecule has 1 N–H and O–H groups in total. The van der Waals surface area contributed by atoms with Gasteiger partial charge in [0.05, 0.1) is 5.69 Å². The van der Waals surface area contributed by atoms with Crippen LogP contribution in [0.15, 0.2) is 29.4 Å². The third kappa shape index (κ3) is 2.49. The molecule has 0 aliphatic rings. The SMILES string of the molecule is Cc1nnc2sc(-c3cccc(NN=C(C#N)C#N)c3)nn12. The molecule has 0 saturated heterocycles. The number of fused-ring (bicyclic) bond motifs is 1. The Hall–Kier alpha value is -3.30. The molecule has 3 aromatic rings. The molecular weight excluding hydrogens is 300 g/mol. The third-order valence-electron chi connectivity index (χ3n) is 2.76. The first-order valence-corrected chi connectivity index (χ1v) is 6.96. The molecule has 0 amide bonds. The second-order valence-electron chi connectivity index (χ2n) is 4.23. The van der Waals surface area contributed by atoms with E-state index in [0.717, 1.165) is 21.4 Å². The molecule has 0 saturated carbocycles. The summed E-state index contributed by atoms with van der Waals surface area (Å²) in [4.78, 5) is 0.722. The summed E-state index contributed by atoms with van der Waals surface area (Å²) < 4.78 is 1.68. The van der Waals surface area contributed by atoms with Crippen LogP contribution in [-0.4, -0.2) is 25.5 Å². The van der Waals surface area contributed by atoms with Crippen LogP contribution in [0.2, 0.25) is 0 Å². The molecule has 9 heteroatoms. The molecule has 0 spiro atoms. The van der Waals surface area contributed by atoms with Crippen molar-refractivity contribution in [3.63, 3.8) is 0 Å². The average molecular weight is 308 g/mol. The van der Waals surface area contributed by atoms with Crippen molar-refractivity contribution < 1.29 is 0 Å². The summed E-state index contributed by atoms with van der Waals surface area (Å²) in [6.07, 6.45) is 0. The largest absolute Gasteiger partial charge is 0.276 e. The normalized spacial score (nSPS) is 9.95. The predicted octanol–water partition coefficient (Wildman–Crippen LogP) is 1.98. The van der Waals surface area contributed by atoms with E-state index in [2.05, 4.69) is 25.8 Å². The number of nitriles is 2. The van der Waals surface area contributed by atoms with Crippen molar-refractivity contribution in [2.75, 3.05) is 5.43 Å². The van der Waals surface area contributed by atoms with E-state index in [1.165, 1.54) is 11.3 Å². The molecule has 1 aromatic carbocycles. The molecule has 0 unspecified atom stereocenters. The Morgan fingerprint density at radius 3 is 2.86 bits per heavy atom. The van der Waals surface area contributed by atoms with E-state index in [0.29, 0.717) is 5.69 Å². The maximum absolute atomic E-state index is 8.65. The van der Waals surface area contributed by atoms with Crippen molar-refractivity contribution in [3.05, 3.63) is 30.1 Å². The summed E-state index contributed by atoms with van der Waals surface area (Å²) in [5.74, 6) is 0.726. The molecule has 3 rings (SSSR count). The van der Waals surface area contributed by atoms with Gasteiger partial charge in [-0.05, 0) is 19.1 Å². The number of hydrazone groups is 1. The Kier molecular flexibility index (Phi) is 3.48. The fraction of sp³-hybridized carbons (Fsp3) is 0.0769. The first kappa shape index (κ1) is 13.7. The Bertz CT molecular complexity index is 936. The second-order valence-corrected chi connectivity index (χ2v) is 5.18. The van der Waals surface area contributed by atoms with Crippen molar-refractivity contribution in [1.82, 2.24) is 19.8 Å². The number of benzene rings is 1. The number of nitrogens with one attached hydrogen (secondary N) is 1. The van der Waals surface area contributed by atoms with Crippen LogP contribution in [0.3, 0.4) is 0 Å². The van der Waals surface area contributed by atoms with Crippen molar-refractivity contribution in [3.8, 4) is 22.7 Å². The molecule has 0 aliphatic carbocycles. The van der Waals surface area contributed by atoms with Crippen LogP contribution in [0.5, 0.6) is 0 Å². The lowest BCUT2D eigenvalue weighted by molar-refractivity contribution is 0.898. The quantitative estimate of drug-likeness (QED) is 0.584. The average Bonchev–Trinajstić information content (AvgIpc) is 3.11. The van der Waals surface area contributed by atoms with Gasteiger partial charge in [0.2, 0.25) is 10.7 Å². The van der Waals surface area contributed by atoms with Gasteiger partial charge in [-0.15, -0.1) is 10.2 Å². The zero-order valence-electron chi connectivity index (χ0n) is 11.3. The van der Waals surface area contributed by atoms with Crippen molar-refractivity contribution in [1.29, 1.82) is 10.5 Å². The standard InChI is InChI=1S/C13H8N8S/c1-8-16-19-13-21(8)20-12(22-13)9-3-2-4-10(5-9)17-18-11(6-14)7-15/h2-5,17H,1H3. The summed E-state index contributed by atoms with van der Waals surface area (Å²) in [5, 5.41) is 34.2. The summed E-state index contributed by atoms with van der Waals surface area (Å²) in [6, 6.07) is 10.7. The van der Waals surface area contributed by atoms with Gasteiger partial charge in [-0.25, -0.2) is 0 Å². The summed E-state index contributed by atoms with van der Waals surface area (Å²) in [6.45, 7) is 1.83. The lowest BCUT2D eigenvalue weighted by atomic mass is 10.2. The fourth-order valence-corrected chi connectivity index (χ4v) is 2.63. The summed E-state index contributed by atoms with van der Waals surface area (Å²) in [5.41, 5.74) is 3.98.